The minimum atomic E-state index is -1.07. The van der Waals surface area contributed by atoms with Crippen molar-refractivity contribution >= 4 is 28.1 Å². The maximum absolute atomic E-state index is 11.1. The largest absolute Gasteiger partial charge is 0.505 e. The number of fused-ring (bicyclic) bond motifs is 1. The molecule has 3 aromatic carbocycles. The average Bonchev–Trinajstić information content (AvgIpc) is 2.55. The molecule has 0 amide bonds. The molecular formula is C17H12N2O3. The molecule has 108 valence electrons. The van der Waals surface area contributed by atoms with Gasteiger partial charge in [0.05, 0.1) is 5.56 Å². The van der Waals surface area contributed by atoms with Crippen molar-refractivity contribution < 1.29 is 15.0 Å². The molecule has 5 heteroatoms. The molecule has 5 nitrogen and oxygen atoms in total. The van der Waals surface area contributed by atoms with Gasteiger partial charge >= 0.3 is 5.97 Å². The summed E-state index contributed by atoms with van der Waals surface area (Å²) in [7, 11) is 0. The summed E-state index contributed by atoms with van der Waals surface area (Å²) in [5, 5.41) is 28.8. The number of rotatable bonds is 3. The first-order valence-electron chi connectivity index (χ1n) is 6.61. The lowest BCUT2D eigenvalue weighted by molar-refractivity contribution is 0.0697. The second-order valence-corrected chi connectivity index (χ2v) is 4.68. The van der Waals surface area contributed by atoms with Crippen LogP contribution in [0.15, 0.2) is 70.9 Å². The summed E-state index contributed by atoms with van der Waals surface area (Å²) in [5.74, 6) is -1.05. The molecule has 0 aliphatic carbocycles. The van der Waals surface area contributed by atoms with Gasteiger partial charge in [0.15, 0.2) is 5.75 Å². The van der Waals surface area contributed by atoms with Crippen LogP contribution >= 0.6 is 0 Å². The van der Waals surface area contributed by atoms with E-state index in [2.05, 4.69) is 10.2 Å². The highest BCUT2D eigenvalue weighted by Crippen LogP contribution is 2.35. The molecule has 0 heterocycles. The van der Waals surface area contributed by atoms with Crippen molar-refractivity contribution in [2.24, 2.45) is 10.2 Å². The number of phenols is 1. The van der Waals surface area contributed by atoms with E-state index < -0.39 is 5.97 Å². The highest BCUT2D eigenvalue weighted by atomic mass is 16.4. The number of carboxylic acids is 1. The smallest absolute Gasteiger partial charge is 0.337 e. The summed E-state index contributed by atoms with van der Waals surface area (Å²) in [6.07, 6.45) is 0. The van der Waals surface area contributed by atoms with Gasteiger partial charge in [-0.2, -0.15) is 0 Å². The van der Waals surface area contributed by atoms with Gasteiger partial charge < -0.3 is 10.2 Å². The average molecular weight is 292 g/mol. The fraction of sp³-hybridized carbons (Fsp3) is 0. The molecular weight excluding hydrogens is 280 g/mol. The summed E-state index contributed by atoms with van der Waals surface area (Å²) in [5.41, 5.74) is 0.591. The lowest BCUT2D eigenvalue weighted by Crippen LogP contribution is -1.95. The first-order chi connectivity index (χ1) is 10.7. The van der Waals surface area contributed by atoms with Crippen molar-refractivity contribution in [2.45, 2.75) is 0 Å². The Kier molecular flexibility index (Phi) is 3.53. The predicted octanol–water partition coefficient (Wildman–Crippen LogP) is 4.66. The molecule has 0 saturated heterocycles. The Balaban J connectivity index is 2.03. The number of benzene rings is 3. The van der Waals surface area contributed by atoms with Gasteiger partial charge in [-0.05, 0) is 23.6 Å². The Morgan fingerprint density at radius 3 is 2.32 bits per heavy atom. The summed E-state index contributed by atoms with van der Waals surface area (Å²) >= 11 is 0. The minimum Gasteiger partial charge on any atom is -0.505 e. The molecule has 3 rings (SSSR count). The van der Waals surface area contributed by atoms with E-state index in [-0.39, 0.29) is 17.0 Å². The molecule has 0 unspecified atom stereocenters. The number of carboxylic acid groups (broad SMARTS) is 1. The fourth-order valence-corrected chi connectivity index (χ4v) is 2.17. The van der Waals surface area contributed by atoms with E-state index in [1.165, 1.54) is 6.07 Å². The van der Waals surface area contributed by atoms with Crippen molar-refractivity contribution in [3.63, 3.8) is 0 Å². The Bertz CT molecular complexity index is 888. The molecule has 0 aliphatic heterocycles. The second-order valence-electron chi connectivity index (χ2n) is 4.68. The maximum Gasteiger partial charge on any atom is 0.337 e. The molecule has 0 aromatic heterocycles. The van der Waals surface area contributed by atoms with Gasteiger partial charge in [-0.15, -0.1) is 10.2 Å². The first-order valence-corrected chi connectivity index (χ1v) is 6.61. The summed E-state index contributed by atoms with van der Waals surface area (Å²) in [6.45, 7) is 0. The van der Waals surface area contributed by atoms with Crippen molar-refractivity contribution in [3.05, 3.63) is 66.2 Å². The molecule has 3 aromatic rings. The molecule has 0 aliphatic rings. The quantitative estimate of drug-likeness (QED) is 0.689. The van der Waals surface area contributed by atoms with Crippen molar-refractivity contribution in [1.29, 1.82) is 0 Å². The third-order valence-corrected chi connectivity index (χ3v) is 3.28. The fourth-order valence-electron chi connectivity index (χ4n) is 2.17. The SMILES string of the molecule is O=C(O)c1ccccc1N=Nc1ccc2ccccc2c1O. The summed E-state index contributed by atoms with van der Waals surface area (Å²) in [6, 6.07) is 17.2. The third kappa shape index (κ3) is 2.52. The predicted molar refractivity (Wildman–Crippen MR) is 83.2 cm³/mol. The highest BCUT2D eigenvalue weighted by Gasteiger charge is 2.09. The zero-order valence-electron chi connectivity index (χ0n) is 11.5. The Morgan fingerprint density at radius 2 is 1.50 bits per heavy atom. The lowest BCUT2D eigenvalue weighted by Gasteiger charge is -2.03. The Hall–Kier alpha value is -3.21. The number of carbonyl (C=O) groups is 1. The summed E-state index contributed by atoms with van der Waals surface area (Å²) in [4.78, 5) is 11.1. The molecule has 0 fully saturated rings. The van der Waals surface area contributed by atoms with Crippen LogP contribution in [0.1, 0.15) is 10.4 Å². The second kappa shape index (κ2) is 5.65. The lowest BCUT2D eigenvalue weighted by atomic mass is 10.1. The van der Waals surface area contributed by atoms with Gasteiger partial charge in [-0.1, -0.05) is 42.5 Å². The van der Waals surface area contributed by atoms with Gasteiger partial charge in [-0.3, -0.25) is 0 Å². The normalized spacial score (nSPS) is 11.1. The number of hydrogen-bond donors (Lipinski definition) is 2. The van der Waals surface area contributed by atoms with Crippen molar-refractivity contribution in [2.75, 3.05) is 0 Å². The van der Waals surface area contributed by atoms with Crippen LogP contribution < -0.4 is 0 Å². The van der Waals surface area contributed by atoms with Crippen LogP contribution in [-0.4, -0.2) is 16.2 Å². The van der Waals surface area contributed by atoms with Crippen LogP contribution in [0.2, 0.25) is 0 Å². The monoisotopic (exact) mass is 292 g/mol. The van der Waals surface area contributed by atoms with Crippen LogP contribution in [0.25, 0.3) is 10.8 Å². The Labute approximate surface area is 126 Å². The van der Waals surface area contributed by atoms with Gasteiger partial charge in [0.25, 0.3) is 0 Å². The van der Waals surface area contributed by atoms with Gasteiger partial charge in [0.2, 0.25) is 0 Å². The molecule has 0 radical (unpaired) electrons. The van der Waals surface area contributed by atoms with Gasteiger partial charge in [0, 0.05) is 5.39 Å². The van der Waals surface area contributed by atoms with Crippen LogP contribution in [-0.2, 0) is 0 Å². The van der Waals surface area contributed by atoms with Crippen LogP contribution in [0, 0.1) is 0 Å². The van der Waals surface area contributed by atoms with E-state index in [4.69, 9.17) is 5.11 Å². The van der Waals surface area contributed by atoms with Crippen molar-refractivity contribution in [1.82, 2.24) is 0 Å². The minimum absolute atomic E-state index is 0.0228. The number of phenolic OH excluding ortho intramolecular Hbond substituents is 1. The van der Waals surface area contributed by atoms with Crippen LogP contribution in [0.4, 0.5) is 11.4 Å². The number of azo groups is 1. The van der Waals surface area contributed by atoms with Gasteiger partial charge in [0.1, 0.15) is 11.4 Å². The number of aromatic carboxylic acids is 1. The zero-order valence-corrected chi connectivity index (χ0v) is 11.5. The first kappa shape index (κ1) is 13.8. The molecule has 22 heavy (non-hydrogen) atoms. The zero-order chi connectivity index (χ0) is 15.5. The molecule has 0 saturated carbocycles. The van der Waals surface area contributed by atoms with E-state index in [9.17, 15) is 9.90 Å². The number of hydrogen-bond acceptors (Lipinski definition) is 4. The van der Waals surface area contributed by atoms with Crippen molar-refractivity contribution in [3.8, 4) is 5.75 Å². The maximum atomic E-state index is 11.1. The van der Waals surface area contributed by atoms with Gasteiger partial charge in [-0.25, -0.2) is 4.79 Å². The Morgan fingerprint density at radius 1 is 0.818 bits per heavy atom. The standard InChI is InChI=1S/C17H12N2O3/c20-16-12-6-2-1-5-11(12)9-10-15(16)19-18-14-8-4-3-7-13(14)17(21)22/h1-10,20H,(H,21,22). The van der Waals surface area contributed by atoms with Crippen LogP contribution in [0.5, 0.6) is 5.75 Å². The highest BCUT2D eigenvalue weighted by molar-refractivity contribution is 5.93. The molecule has 0 atom stereocenters. The van der Waals surface area contributed by atoms with E-state index in [1.807, 2.05) is 24.3 Å². The van der Waals surface area contributed by atoms with E-state index >= 15 is 0 Å². The molecule has 0 spiro atoms. The number of nitrogens with zero attached hydrogens (tertiary/aromatic N) is 2. The third-order valence-electron chi connectivity index (χ3n) is 3.28. The van der Waals surface area contributed by atoms with E-state index in [0.29, 0.717) is 11.1 Å². The topological polar surface area (TPSA) is 82.2 Å². The van der Waals surface area contributed by atoms with E-state index in [1.54, 1.807) is 30.3 Å². The number of aromatic hydroxyl groups is 1. The molecule has 2 N–H and O–H groups in total. The summed E-state index contributed by atoms with van der Waals surface area (Å²) < 4.78 is 0. The van der Waals surface area contributed by atoms with E-state index in [0.717, 1.165) is 5.39 Å². The van der Waals surface area contributed by atoms with Crippen LogP contribution in [0.3, 0.4) is 0 Å². The molecule has 0 bridgehead atoms.